The third-order valence-corrected chi connectivity index (χ3v) is 8.32. The number of hydrogen-bond donors (Lipinski definition) is 4. The van der Waals surface area contributed by atoms with Crippen molar-refractivity contribution in [1.29, 1.82) is 0 Å². The number of benzene rings is 2. The van der Waals surface area contributed by atoms with Crippen LogP contribution in [0.2, 0.25) is 0 Å². The second-order valence-electron chi connectivity index (χ2n) is 12.0. The van der Waals surface area contributed by atoms with E-state index in [-0.39, 0.29) is 42.0 Å². The molecule has 2 saturated heterocycles. The summed E-state index contributed by atoms with van der Waals surface area (Å²) in [5.74, 6) is 0.304. The van der Waals surface area contributed by atoms with Gasteiger partial charge in [-0.1, -0.05) is 56.2 Å². The van der Waals surface area contributed by atoms with Gasteiger partial charge in [-0.3, -0.25) is 0 Å². The second-order valence-corrected chi connectivity index (χ2v) is 12.0. The van der Waals surface area contributed by atoms with Crippen LogP contribution >= 0.6 is 0 Å². The first-order valence-corrected chi connectivity index (χ1v) is 15.9. The Balaban J connectivity index is 1.31. The smallest absolute Gasteiger partial charge is 0.188 e. The molecule has 2 heterocycles. The molecule has 2 aliphatic rings. The minimum absolute atomic E-state index is 0.0215. The largest absolute Gasteiger partial charge is 0.507 e. The lowest BCUT2D eigenvalue weighted by molar-refractivity contribution is -0.254. The van der Waals surface area contributed by atoms with Gasteiger partial charge in [-0.2, -0.15) is 0 Å². The number of aromatic hydroxyl groups is 2. The van der Waals surface area contributed by atoms with Crippen LogP contribution in [0.3, 0.4) is 0 Å². The summed E-state index contributed by atoms with van der Waals surface area (Å²) in [6, 6.07) is 14.2. The average Bonchev–Trinajstić information content (AvgIpc) is 2.96. The lowest BCUT2D eigenvalue weighted by atomic mass is 9.95. The molecule has 42 heavy (non-hydrogen) atoms. The van der Waals surface area contributed by atoms with Gasteiger partial charge in [0.25, 0.3) is 0 Å². The van der Waals surface area contributed by atoms with Crippen LogP contribution in [-0.2, 0) is 18.9 Å². The Bertz CT molecular complexity index is 1060. The zero-order valence-electron chi connectivity index (χ0n) is 25.1. The lowest BCUT2D eigenvalue weighted by Crippen LogP contribution is -2.36. The van der Waals surface area contributed by atoms with Crippen LogP contribution in [-0.4, -0.2) is 57.0 Å². The maximum atomic E-state index is 11.0. The molecule has 0 radical (unpaired) electrons. The first-order valence-electron chi connectivity index (χ1n) is 15.9. The molecule has 8 heteroatoms. The van der Waals surface area contributed by atoms with Crippen LogP contribution in [0.15, 0.2) is 48.5 Å². The SMILES string of the molecule is CCCCC1CC(CC(O)CCCC2CC(CCCC(C)O)OC(c3ccccc3O)O2)OC(c2ccccc2O)O1. The van der Waals surface area contributed by atoms with E-state index in [1.165, 1.54) is 0 Å². The average molecular weight is 587 g/mol. The maximum Gasteiger partial charge on any atom is 0.188 e. The number of unbranched alkanes of at least 4 members (excludes halogenated alkanes) is 1. The monoisotopic (exact) mass is 586 g/mol. The third-order valence-electron chi connectivity index (χ3n) is 8.32. The fraction of sp³-hybridized carbons (Fsp3) is 0.647. The fourth-order valence-corrected chi connectivity index (χ4v) is 6.02. The number of hydrogen-bond acceptors (Lipinski definition) is 8. The van der Waals surface area contributed by atoms with E-state index in [4.69, 9.17) is 18.9 Å². The number of aliphatic hydroxyl groups is 2. The highest BCUT2D eigenvalue weighted by Gasteiger charge is 2.34. The van der Waals surface area contributed by atoms with Crippen molar-refractivity contribution in [2.75, 3.05) is 0 Å². The van der Waals surface area contributed by atoms with E-state index in [1.807, 2.05) is 24.3 Å². The summed E-state index contributed by atoms with van der Waals surface area (Å²) >= 11 is 0. The van der Waals surface area contributed by atoms with E-state index in [1.54, 1.807) is 31.2 Å². The van der Waals surface area contributed by atoms with Crippen molar-refractivity contribution < 1.29 is 39.4 Å². The second kappa shape index (κ2) is 16.6. The van der Waals surface area contributed by atoms with Crippen LogP contribution in [0.4, 0.5) is 0 Å². The molecule has 0 saturated carbocycles. The topological polar surface area (TPSA) is 118 Å². The number of phenols is 2. The molecule has 2 aromatic carbocycles. The van der Waals surface area contributed by atoms with Crippen molar-refractivity contribution in [3.8, 4) is 11.5 Å². The van der Waals surface area contributed by atoms with Gasteiger partial charge in [0.1, 0.15) is 11.5 Å². The number of aliphatic hydroxyl groups excluding tert-OH is 2. The molecular weight excluding hydrogens is 536 g/mol. The van der Waals surface area contributed by atoms with Crippen molar-refractivity contribution in [3.05, 3.63) is 59.7 Å². The molecule has 2 fully saturated rings. The Morgan fingerprint density at radius 2 is 1.12 bits per heavy atom. The van der Waals surface area contributed by atoms with E-state index in [0.29, 0.717) is 24.0 Å². The molecular formula is C34H50O8. The van der Waals surface area contributed by atoms with Gasteiger partial charge in [0.05, 0.1) is 36.6 Å². The van der Waals surface area contributed by atoms with Gasteiger partial charge in [-0.25, -0.2) is 0 Å². The zero-order chi connectivity index (χ0) is 29.9. The molecule has 2 aromatic rings. The zero-order valence-corrected chi connectivity index (χ0v) is 25.1. The van der Waals surface area contributed by atoms with Crippen molar-refractivity contribution in [3.63, 3.8) is 0 Å². The Morgan fingerprint density at radius 3 is 1.62 bits per heavy atom. The fourth-order valence-electron chi connectivity index (χ4n) is 6.02. The van der Waals surface area contributed by atoms with Crippen molar-refractivity contribution >= 4 is 0 Å². The third kappa shape index (κ3) is 9.93. The number of rotatable bonds is 15. The summed E-state index contributed by atoms with van der Waals surface area (Å²) in [7, 11) is 0. The normalized spacial score (nSPS) is 27.9. The first-order chi connectivity index (χ1) is 20.3. The summed E-state index contributed by atoms with van der Waals surface area (Å²) in [5.41, 5.74) is 1.24. The summed E-state index contributed by atoms with van der Waals surface area (Å²) in [4.78, 5) is 0. The number of para-hydroxylation sites is 2. The molecule has 4 N–H and O–H groups in total. The van der Waals surface area contributed by atoms with E-state index in [9.17, 15) is 20.4 Å². The Kier molecular flexibility index (Phi) is 12.9. The Hall–Kier alpha value is -2.20. The highest BCUT2D eigenvalue weighted by atomic mass is 16.7. The molecule has 0 spiro atoms. The van der Waals surface area contributed by atoms with Gasteiger partial charge >= 0.3 is 0 Å². The summed E-state index contributed by atoms with van der Waals surface area (Å²) in [5, 5.41) is 41.4. The van der Waals surface area contributed by atoms with Gasteiger partial charge in [-0.15, -0.1) is 0 Å². The van der Waals surface area contributed by atoms with Gasteiger partial charge in [0.15, 0.2) is 12.6 Å². The van der Waals surface area contributed by atoms with Crippen molar-refractivity contribution in [2.24, 2.45) is 0 Å². The van der Waals surface area contributed by atoms with Crippen LogP contribution in [0.25, 0.3) is 0 Å². The molecule has 2 aliphatic heterocycles. The maximum absolute atomic E-state index is 11.0. The minimum atomic E-state index is -0.647. The molecule has 0 aromatic heterocycles. The Morgan fingerprint density at radius 1 is 0.667 bits per heavy atom. The van der Waals surface area contributed by atoms with Crippen LogP contribution in [0, 0.1) is 0 Å². The predicted octanol–water partition coefficient (Wildman–Crippen LogP) is 6.81. The van der Waals surface area contributed by atoms with Gasteiger partial charge in [-0.05, 0) is 70.4 Å². The Labute approximate surface area is 250 Å². The molecule has 0 bridgehead atoms. The number of ether oxygens (including phenoxy) is 4. The standard InChI is InChI=1S/C34H50O8/c1-3-4-13-25-22-28(42-34(39-25)30-17-6-8-19-32(30)38)20-24(36)12-10-15-27-21-26(14-9-11-23(2)35)40-33(41-27)29-16-5-7-18-31(29)37/h5-8,16-19,23-28,33-38H,3-4,9-15,20-22H2,1-2H3. The van der Waals surface area contributed by atoms with Gasteiger partial charge in [0.2, 0.25) is 0 Å². The highest BCUT2D eigenvalue weighted by Crippen LogP contribution is 2.39. The van der Waals surface area contributed by atoms with Crippen LogP contribution in [0.1, 0.15) is 115 Å². The van der Waals surface area contributed by atoms with Gasteiger partial charge in [0, 0.05) is 24.0 Å². The quantitative estimate of drug-likeness (QED) is 0.180. The predicted molar refractivity (Wildman–Crippen MR) is 160 cm³/mol. The molecule has 0 aliphatic carbocycles. The van der Waals surface area contributed by atoms with E-state index in [0.717, 1.165) is 64.2 Å². The lowest BCUT2D eigenvalue weighted by Gasteiger charge is -2.37. The molecule has 8 atom stereocenters. The van der Waals surface area contributed by atoms with E-state index in [2.05, 4.69) is 6.92 Å². The number of phenolic OH excluding ortho intramolecular Hbond substituents is 2. The van der Waals surface area contributed by atoms with Crippen molar-refractivity contribution in [2.45, 2.75) is 140 Å². The highest BCUT2D eigenvalue weighted by molar-refractivity contribution is 5.33. The van der Waals surface area contributed by atoms with Crippen LogP contribution in [0.5, 0.6) is 11.5 Å². The molecule has 4 rings (SSSR count). The van der Waals surface area contributed by atoms with Gasteiger partial charge < -0.3 is 39.4 Å². The molecule has 234 valence electrons. The summed E-state index contributed by atoms with van der Waals surface area (Å²) < 4.78 is 25.0. The summed E-state index contributed by atoms with van der Waals surface area (Å²) in [6.07, 6.45) is 7.20. The van der Waals surface area contributed by atoms with Crippen molar-refractivity contribution in [1.82, 2.24) is 0 Å². The minimum Gasteiger partial charge on any atom is -0.507 e. The van der Waals surface area contributed by atoms with E-state index >= 15 is 0 Å². The first kappa shape index (κ1) is 32.7. The van der Waals surface area contributed by atoms with E-state index < -0.39 is 18.7 Å². The van der Waals surface area contributed by atoms with Crippen LogP contribution < -0.4 is 0 Å². The molecule has 8 nitrogen and oxygen atoms in total. The molecule has 8 unspecified atom stereocenters. The molecule has 0 amide bonds. The summed E-state index contributed by atoms with van der Waals surface area (Å²) in [6.45, 7) is 3.96.